The topological polar surface area (TPSA) is 104 Å². The third-order valence-corrected chi connectivity index (χ3v) is 2.53. The number of nitrogen functional groups attached to an aromatic ring is 1. The molecule has 6 heteroatoms. The highest BCUT2D eigenvalue weighted by Gasteiger charge is 2.02. The van der Waals surface area contributed by atoms with Gasteiger partial charge in [0.2, 0.25) is 0 Å². The summed E-state index contributed by atoms with van der Waals surface area (Å²) in [7, 11) is 0. The molecular formula is C14H13N5O. The second kappa shape index (κ2) is 6.24. The normalized spacial score (nSPS) is 10.4. The molecule has 0 radical (unpaired) electrons. The van der Waals surface area contributed by atoms with Crippen LogP contribution in [0.25, 0.3) is 0 Å². The molecule has 1 amide bonds. The number of hydrogen-bond acceptors (Lipinski definition) is 4. The van der Waals surface area contributed by atoms with Crippen LogP contribution in [0, 0.1) is 5.41 Å². The first-order valence-corrected chi connectivity index (χ1v) is 5.85. The van der Waals surface area contributed by atoms with Gasteiger partial charge in [0.15, 0.2) is 0 Å². The molecule has 0 fully saturated rings. The molecule has 2 rings (SSSR count). The molecule has 0 unspecified atom stereocenters. The second-order valence-electron chi connectivity index (χ2n) is 3.98. The Morgan fingerprint density at radius 2 is 2.00 bits per heavy atom. The molecule has 100 valence electrons. The van der Waals surface area contributed by atoms with E-state index >= 15 is 0 Å². The minimum Gasteiger partial charge on any atom is -0.384 e. The van der Waals surface area contributed by atoms with Crippen molar-refractivity contribution in [2.75, 3.05) is 0 Å². The van der Waals surface area contributed by atoms with Crippen molar-refractivity contribution >= 4 is 18.0 Å². The number of rotatable bonds is 4. The summed E-state index contributed by atoms with van der Waals surface area (Å²) >= 11 is 0. The van der Waals surface area contributed by atoms with Crippen LogP contribution in [0.15, 0.2) is 53.9 Å². The maximum Gasteiger partial charge on any atom is 0.272 e. The van der Waals surface area contributed by atoms with Crippen LogP contribution < -0.4 is 11.2 Å². The average molecular weight is 267 g/mol. The third-order valence-electron chi connectivity index (χ3n) is 2.53. The number of amides is 1. The number of nitrogens with zero attached hydrogens (tertiary/aromatic N) is 2. The molecular weight excluding hydrogens is 254 g/mol. The summed E-state index contributed by atoms with van der Waals surface area (Å²) in [5.41, 5.74) is 9.64. The highest BCUT2D eigenvalue weighted by atomic mass is 16.2. The van der Waals surface area contributed by atoms with E-state index in [0.29, 0.717) is 11.1 Å². The molecule has 2 aromatic rings. The molecule has 20 heavy (non-hydrogen) atoms. The lowest BCUT2D eigenvalue weighted by molar-refractivity contribution is 0.0955. The Morgan fingerprint density at radius 3 is 2.60 bits per heavy atom. The monoisotopic (exact) mass is 267 g/mol. The van der Waals surface area contributed by atoms with Crippen molar-refractivity contribution in [2.24, 2.45) is 10.8 Å². The van der Waals surface area contributed by atoms with E-state index in [1.54, 1.807) is 42.6 Å². The Hall–Kier alpha value is -3.02. The number of carbonyl (C=O) groups is 1. The molecule has 0 bridgehead atoms. The van der Waals surface area contributed by atoms with Crippen LogP contribution in [0.5, 0.6) is 0 Å². The number of hydrogen-bond donors (Lipinski definition) is 3. The van der Waals surface area contributed by atoms with Gasteiger partial charge in [-0.25, -0.2) is 5.43 Å². The Bertz CT molecular complexity index is 634. The van der Waals surface area contributed by atoms with Crippen LogP contribution in [-0.4, -0.2) is 22.9 Å². The van der Waals surface area contributed by atoms with Gasteiger partial charge in [-0.15, -0.1) is 0 Å². The van der Waals surface area contributed by atoms with Crippen LogP contribution in [0.3, 0.4) is 0 Å². The molecule has 0 saturated carbocycles. The highest BCUT2D eigenvalue weighted by molar-refractivity contribution is 5.96. The molecule has 6 nitrogen and oxygen atoms in total. The van der Waals surface area contributed by atoms with E-state index in [9.17, 15) is 4.79 Å². The fraction of sp³-hybridized carbons (Fsp3) is 0. The summed E-state index contributed by atoms with van der Waals surface area (Å²) in [6.45, 7) is 0. The van der Waals surface area contributed by atoms with E-state index in [0.717, 1.165) is 5.56 Å². The van der Waals surface area contributed by atoms with Gasteiger partial charge in [0.05, 0.1) is 11.8 Å². The molecule has 1 heterocycles. The fourth-order valence-electron chi connectivity index (χ4n) is 1.48. The number of aromatic nitrogens is 1. The SMILES string of the molecule is N=C(N)c1ccc(/C=N/NC(=O)c2cccnc2)cc1. The molecule has 1 aromatic heterocycles. The first kappa shape index (κ1) is 13.4. The maximum atomic E-state index is 11.7. The van der Waals surface area contributed by atoms with E-state index < -0.39 is 0 Å². The summed E-state index contributed by atoms with van der Waals surface area (Å²) in [6, 6.07) is 10.3. The van der Waals surface area contributed by atoms with E-state index in [4.69, 9.17) is 11.1 Å². The zero-order chi connectivity index (χ0) is 14.4. The zero-order valence-corrected chi connectivity index (χ0v) is 10.6. The van der Waals surface area contributed by atoms with Gasteiger partial charge in [-0.3, -0.25) is 15.2 Å². The van der Waals surface area contributed by atoms with Crippen molar-refractivity contribution in [2.45, 2.75) is 0 Å². The molecule has 0 aliphatic rings. The lowest BCUT2D eigenvalue weighted by Crippen LogP contribution is -2.17. The van der Waals surface area contributed by atoms with Crippen LogP contribution in [0.4, 0.5) is 0 Å². The zero-order valence-electron chi connectivity index (χ0n) is 10.6. The summed E-state index contributed by atoms with van der Waals surface area (Å²) < 4.78 is 0. The van der Waals surface area contributed by atoms with Crippen molar-refractivity contribution in [3.63, 3.8) is 0 Å². The number of nitrogens with one attached hydrogen (secondary N) is 2. The first-order valence-electron chi connectivity index (χ1n) is 5.85. The number of amidine groups is 1. The van der Waals surface area contributed by atoms with E-state index in [2.05, 4.69) is 15.5 Å². The van der Waals surface area contributed by atoms with Crippen molar-refractivity contribution in [1.29, 1.82) is 5.41 Å². The van der Waals surface area contributed by atoms with Crippen LogP contribution in [0.2, 0.25) is 0 Å². The van der Waals surface area contributed by atoms with Gasteiger partial charge < -0.3 is 5.73 Å². The predicted molar refractivity (Wildman–Crippen MR) is 76.8 cm³/mol. The number of pyridine rings is 1. The number of benzene rings is 1. The van der Waals surface area contributed by atoms with Crippen molar-refractivity contribution in [3.05, 3.63) is 65.5 Å². The van der Waals surface area contributed by atoms with Gasteiger partial charge in [0, 0.05) is 18.0 Å². The Kier molecular flexibility index (Phi) is 4.18. The number of carbonyl (C=O) groups excluding carboxylic acids is 1. The number of nitrogens with two attached hydrogens (primary N) is 1. The Balaban J connectivity index is 1.96. The van der Waals surface area contributed by atoms with E-state index in [-0.39, 0.29) is 11.7 Å². The molecule has 0 aliphatic heterocycles. The highest BCUT2D eigenvalue weighted by Crippen LogP contribution is 2.01. The lowest BCUT2D eigenvalue weighted by Gasteiger charge is -1.99. The van der Waals surface area contributed by atoms with Crippen LogP contribution in [-0.2, 0) is 0 Å². The smallest absolute Gasteiger partial charge is 0.272 e. The predicted octanol–water partition coefficient (Wildman–Crippen LogP) is 1.13. The van der Waals surface area contributed by atoms with Crippen molar-refractivity contribution in [1.82, 2.24) is 10.4 Å². The maximum absolute atomic E-state index is 11.7. The molecule has 4 N–H and O–H groups in total. The molecule has 0 atom stereocenters. The number of hydrazone groups is 1. The van der Waals surface area contributed by atoms with E-state index in [1.807, 2.05) is 0 Å². The Morgan fingerprint density at radius 1 is 1.25 bits per heavy atom. The average Bonchev–Trinajstić information content (AvgIpc) is 2.48. The lowest BCUT2D eigenvalue weighted by atomic mass is 10.1. The largest absolute Gasteiger partial charge is 0.384 e. The first-order chi connectivity index (χ1) is 9.66. The summed E-state index contributed by atoms with van der Waals surface area (Å²) in [5.74, 6) is -0.312. The molecule has 0 saturated heterocycles. The van der Waals surface area contributed by atoms with Gasteiger partial charge in [-0.2, -0.15) is 5.10 Å². The minimum absolute atomic E-state index is 0.0124. The summed E-state index contributed by atoms with van der Waals surface area (Å²) in [4.78, 5) is 15.5. The summed E-state index contributed by atoms with van der Waals surface area (Å²) in [5, 5.41) is 11.1. The standard InChI is InChI=1S/C14H13N5O/c15-13(16)11-5-3-10(4-6-11)8-18-19-14(20)12-2-1-7-17-9-12/h1-9H,(H3,15,16)(H,19,20)/b18-8+. The quantitative estimate of drug-likeness (QED) is 0.439. The van der Waals surface area contributed by atoms with Crippen molar-refractivity contribution in [3.8, 4) is 0 Å². The molecule has 0 spiro atoms. The molecule has 1 aromatic carbocycles. The van der Waals surface area contributed by atoms with Gasteiger partial charge in [-0.1, -0.05) is 24.3 Å². The Labute approximate surface area is 115 Å². The van der Waals surface area contributed by atoms with Crippen LogP contribution >= 0.6 is 0 Å². The van der Waals surface area contributed by atoms with Crippen molar-refractivity contribution < 1.29 is 4.79 Å². The van der Waals surface area contributed by atoms with Gasteiger partial charge >= 0.3 is 0 Å². The van der Waals surface area contributed by atoms with Gasteiger partial charge in [0.1, 0.15) is 5.84 Å². The van der Waals surface area contributed by atoms with Crippen LogP contribution in [0.1, 0.15) is 21.5 Å². The van der Waals surface area contributed by atoms with Gasteiger partial charge in [0.25, 0.3) is 5.91 Å². The third kappa shape index (κ3) is 3.49. The minimum atomic E-state index is -0.324. The van der Waals surface area contributed by atoms with E-state index in [1.165, 1.54) is 12.4 Å². The molecule has 0 aliphatic carbocycles. The fourth-order valence-corrected chi connectivity index (χ4v) is 1.48. The summed E-state index contributed by atoms with van der Waals surface area (Å²) in [6.07, 6.45) is 4.57. The van der Waals surface area contributed by atoms with Gasteiger partial charge in [-0.05, 0) is 17.7 Å². The second-order valence-corrected chi connectivity index (χ2v) is 3.98.